The van der Waals surface area contributed by atoms with Crippen LogP contribution in [0.5, 0.6) is 0 Å². The zero-order chi connectivity index (χ0) is 9.10. The van der Waals surface area contributed by atoms with E-state index in [0.717, 1.165) is 19.1 Å². The Morgan fingerprint density at radius 2 is 2.38 bits per heavy atom. The van der Waals surface area contributed by atoms with Gasteiger partial charge in [-0.2, -0.15) is 0 Å². The first-order valence-electron chi connectivity index (χ1n) is 5.38. The van der Waals surface area contributed by atoms with Crippen LogP contribution in [0.1, 0.15) is 26.2 Å². The molecule has 1 fully saturated rings. The molecule has 1 aliphatic carbocycles. The molecule has 0 saturated heterocycles. The van der Waals surface area contributed by atoms with E-state index >= 15 is 0 Å². The van der Waals surface area contributed by atoms with Crippen molar-refractivity contribution in [2.75, 3.05) is 26.3 Å². The summed E-state index contributed by atoms with van der Waals surface area (Å²) in [7, 11) is 0. The maximum Gasteiger partial charge on any atom is 0.104 e. The monoisotopic (exact) mass is 181 g/mol. The van der Waals surface area contributed by atoms with E-state index in [9.17, 15) is 0 Å². The van der Waals surface area contributed by atoms with Gasteiger partial charge in [0.15, 0.2) is 0 Å². The van der Waals surface area contributed by atoms with Crippen molar-refractivity contribution in [1.29, 1.82) is 0 Å². The van der Waals surface area contributed by atoms with Crippen LogP contribution in [0.2, 0.25) is 0 Å². The van der Waals surface area contributed by atoms with Crippen LogP contribution in [0, 0.1) is 5.92 Å². The van der Waals surface area contributed by atoms with Crippen LogP contribution < -0.4 is 0 Å². The Kier molecular flexibility index (Phi) is 2.96. The summed E-state index contributed by atoms with van der Waals surface area (Å²) in [5.74, 6) is 0.979. The van der Waals surface area contributed by atoms with Crippen molar-refractivity contribution in [3.63, 3.8) is 0 Å². The fourth-order valence-electron chi connectivity index (χ4n) is 1.77. The van der Waals surface area contributed by atoms with Gasteiger partial charge in [-0.05, 0) is 25.2 Å². The Labute approximate surface area is 80.4 Å². The molecule has 0 bridgehead atoms. The zero-order valence-corrected chi connectivity index (χ0v) is 8.45. The lowest BCUT2D eigenvalue weighted by Crippen LogP contribution is -2.43. The number of hydrogen-bond donors (Lipinski definition) is 0. The fourth-order valence-corrected chi connectivity index (χ4v) is 1.77. The second-order valence-electron chi connectivity index (χ2n) is 4.05. The molecule has 3 nitrogen and oxygen atoms in total. The average Bonchev–Trinajstić information content (AvgIpc) is 2.80. The van der Waals surface area contributed by atoms with Gasteiger partial charge < -0.3 is 0 Å². The third-order valence-corrected chi connectivity index (χ3v) is 2.71. The molecule has 0 amide bonds. The van der Waals surface area contributed by atoms with Gasteiger partial charge >= 0.3 is 0 Å². The van der Waals surface area contributed by atoms with Gasteiger partial charge in [-0.1, -0.05) is 6.92 Å². The summed E-state index contributed by atoms with van der Waals surface area (Å²) in [6.07, 6.45) is 6.14. The summed E-state index contributed by atoms with van der Waals surface area (Å²) >= 11 is 0. The standard InChI is InChI=1S/C10H19N3/c1-2-6-12(8-10-3-4-10)13-7-5-11-9-13/h5,10H,2-4,6-9H2,1H3. The maximum absolute atomic E-state index is 4.25. The van der Waals surface area contributed by atoms with Crippen LogP contribution in [-0.2, 0) is 0 Å². The third kappa shape index (κ3) is 2.51. The molecule has 0 aromatic carbocycles. The highest BCUT2D eigenvalue weighted by atomic mass is 15.6. The Balaban J connectivity index is 1.80. The first-order valence-corrected chi connectivity index (χ1v) is 5.38. The molecular weight excluding hydrogens is 162 g/mol. The topological polar surface area (TPSA) is 18.8 Å². The number of nitrogens with zero attached hydrogens (tertiary/aromatic N) is 3. The highest BCUT2D eigenvalue weighted by Gasteiger charge is 2.27. The van der Waals surface area contributed by atoms with Gasteiger partial charge in [0.2, 0.25) is 0 Å². The molecule has 0 unspecified atom stereocenters. The first-order chi connectivity index (χ1) is 6.40. The number of rotatable bonds is 5. The van der Waals surface area contributed by atoms with Gasteiger partial charge in [0.05, 0.1) is 6.54 Å². The first kappa shape index (κ1) is 9.16. The van der Waals surface area contributed by atoms with Crippen molar-refractivity contribution in [1.82, 2.24) is 10.0 Å². The van der Waals surface area contributed by atoms with Crippen molar-refractivity contribution in [3.05, 3.63) is 0 Å². The molecular formula is C10H19N3. The molecule has 0 atom stereocenters. The molecule has 0 N–H and O–H groups in total. The minimum Gasteiger partial charge on any atom is -0.279 e. The minimum atomic E-state index is 0.882. The van der Waals surface area contributed by atoms with E-state index < -0.39 is 0 Å². The van der Waals surface area contributed by atoms with E-state index in [0.29, 0.717) is 0 Å². The number of aliphatic imine (C=N–C) groups is 1. The average molecular weight is 181 g/mol. The predicted molar refractivity (Wildman–Crippen MR) is 54.7 cm³/mol. The predicted octanol–water partition coefficient (Wildman–Crippen LogP) is 1.37. The van der Waals surface area contributed by atoms with Gasteiger partial charge in [0.1, 0.15) is 6.67 Å². The van der Waals surface area contributed by atoms with E-state index in [1.807, 2.05) is 6.21 Å². The van der Waals surface area contributed by atoms with E-state index in [4.69, 9.17) is 0 Å². The second-order valence-corrected chi connectivity index (χ2v) is 4.05. The number of hydrazine groups is 1. The van der Waals surface area contributed by atoms with Crippen LogP contribution in [0.3, 0.4) is 0 Å². The Morgan fingerprint density at radius 1 is 1.54 bits per heavy atom. The summed E-state index contributed by atoms with van der Waals surface area (Å²) in [6, 6.07) is 0. The molecule has 0 aromatic heterocycles. The molecule has 0 radical (unpaired) electrons. The van der Waals surface area contributed by atoms with Gasteiger partial charge in [-0.25, -0.2) is 10.0 Å². The van der Waals surface area contributed by atoms with Crippen molar-refractivity contribution in [2.45, 2.75) is 26.2 Å². The number of hydrogen-bond acceptors (Lipinski definition) is 3. The minimum absolute atomic E-state index is 0.882. The molecule has 1 aliphatic heterocycles. The van der Waals surface area contributed by atoms with Crippen molar-refractivity contribution < 1.29 is 0 Å². The van der Waals surface area contributed by atoms with Crippen LogP contribution in [-0.4, -0.2) is 42.5 Å². The lowest BCUT2D eigenvalue weighted by molar-refractivity contribution is -0.00501. The quantitative estimate of drug-likeness (QED) is 0.638. The van der Waals surface area contributed by atoms with Crippen LogP contribution in [0.15, 0.2) is 4.99 Å². The lowest BCUT2D eigenvalue weighted by atomic mass is 10.4. The van der Waals surface area contributed by atoms with Crippen molar-refractivity contribution in [2.24, 2.45) is 10.9 Å². The van der Waals surface area contributed by atoms with Gasteiger partial charge in [0.25, 0.3) is 0 Å². The molecule has 3 heteroatoms. The Bertz CT molecular complexity index is 179. The maximum atomic E-state index is 4.25. The van der Waals surface area contributed by atoms with E-state index in [-0.39, 0.29) is 0 Å². The molecule has 2 rings (SSSR count). The van der Waals surface area contributed by atoms with E-state index in [1.54, 1.807) is 0 Å². The van der Waals surface area contributed by atoms with Crippen LogP contribution in [0.25, 0.3) is 0 Å². The van der Waals surface area contributed by atoms with Gasteiger partial charge in [-0.3, -0.25) is 4.99 Å². The molecule has 0 aromatic rings. The molecule has 74 valence electrons. The highest BCUT2D eigenvalue weighted by Crippen LogP contribution is 2.30. The van der Waals surface area contributed by atoms with E-state index in [2.05, 4.69) is 21.9 Å². The highest BCUT2D eigenvalue weighted by molar-refractivity contribution is 5.61. The zero-order valence-electron chi connectivity index (χ0n) is 8.45. The molecule has 0 spiro atoms. The summed E-state index contributed by atoms with van der Waals surface area (Å²) in [6.45, 7) is 6.60. The largest absolute Gasteiger partial charge is 0.279 e. The molecule has 2 aliphatic rings. The third-order valence-electron chi connectivity index (χ3n) is 2.71. The molecule has 1 saturated carbocycles. The van der Waals surface area contributed by atoms with Crippen molar-refractivity contribution in [3.8, 4) is 0 Å². The normalized spacial score (nSPS) is 23.2. The molecule has 13 heavy (non-hydrogen) atoms. The summed E-state index contributed by atoms with van der Waals surface area (Å²) in [5, 5.41) is 4.85. The molecule has 1 heterocycles. The SMILES string of the molecule is CCCN(CC1CC1)N1CC=NC1. The van der Waals surface area contributed by atoms with Crippen molar-refractivity contribution >= 4 is 6.21 Å². The van der Waals surface area contributed by atoms with Crippen LogP contribution in [0.4, 0.5) is 0 Å². The lowest BCUT2D eigenvalue weighted by Gasteiger charge is -2.30. The van der Waals surface area contributed by atoms with E-state index in [1.165, 1.54) is 32.4 Å². The second kappa shape index (κ2) is 4.20. The summed E-state index contributed by atoms with van der Waals surface area (Å²) in [4.78, 5) is 4.25. The van der Waals surface area contributed by atoms with Crippen LogP contribution >= 0.6 is 0 Å². The van der Waals surface area contributed by atoms with Gasteiger partial charge in [0, 0.05) is 19.3 Å². The smallest absolute Gasteiger partial charge is 0.104 e. The van der Waals surface area contributed by atoms with Gasteiger partial charge in [-0.15, -0.1) is 0 Å². The summed E-state index contributed by atoms with van der Waals surface area (Å²) in [5.41, 5.74) is 0. The fraction of sp³-hybridized carbons (Fsp3) is 0.900. The Morgan fingerprint density at radius 3 is 2.92 bits per heavy atom. The Hall–Kier alpha value is -0.410. The summed E-state index contributed by atoms with van der Waals surface area (Å²) < 4.78 is 0.